The van der Waals surface area contributed by atoms with E-state index in [2.05, 4.69) is 20.7 Å². The van der Waals surface area contributed by atoms with Gasteiger partial charge in [-0.1, -0.05) is 0 Å². The molecule has 0 spiro atoms. The van der Waals surface area contributed by atoms with Gasteiger partial charge < -0.3 is 19.9 Å². The van der Waals surface area contributed by atoms with Gasteiger partial charge in [0.15, 0.2) is 11.3 Å². The largest absolute Gasteiger partial charge is 0.485 e. The van der Waals surface area contributed by atoms with Gasteiger partial charge in [0.2, 0.25) is 11.8 Å². The predicted octanol–water partition coefficient (Wildman–Crippen LogP) is 2.68. The van der Waals surface area contributed by atoms with Crippen LogP contribution in [0.5, 0.6) is 5.75 Å². The monoisotopic (exact) mass is 799 g/mol. The maximum Gasteiger partial charge on any atom is 0.272 e. The van der Waals surface area contributed by atoms with Crippen molar-refractivity contribution in [3.05, 3.63) is 82.8 Å². The van der Waals surface area contributed by atoms with E-state index in [1.165, 1.54) is 29.0 Å². The summed E-state index contributed by atoms with van der Waals surface area (Å²) in [6, 6.07) is 8.07. The van der Waals surface area contributed by atoms with E-state index in [4.69, 9.17) is 4.74 Å². The van der Waals surface area contributed by atoms with Gasteiger partial charge in [0.25, 0.3) is 30.1 Å². The molecule has 1 unspecified atom stereocenters. The lowest BCUT2D eigenvalue weighted by molar-refractivity contribution is -0.136. The quantitative estimate of drug-likeness (QED) is 0.226. The summed E-state index contributed by atoms with van der Waals surface area (Å²) in [4.78, 5) is 87.9. The number of rotatable bonds is 10. The molecule has 1 atom stereocenters. The molecule has 3 saturated heterocycles. The van der Waals surface area contributed by atoms with Crippen LogP contribution < -0.4 is 20.3 Å². The molecule has 0 bridgehead atoms. The number of anilines is 2. The summed E-state index contributed by atoms with van der Waals surface area (Å²) in [7, 11) is 0. The van der Waals surface area contributed by atoms with Crippen molar-refractivity contribution < 1.29 is 46.7 Å². The van der Waals surface area contributed by atoms with Gasteiger partial charge >= 0.3 is 0 Å². The molecule has 3 fully saturated rings. The first-order chi connectivity index (χ1) is 27.9. The zero-order chi connectivity index (χ0) is 40.5. The number of nitrogens with zero attached hydrogens (tertiary/aromatic N) is 7. The third kappa shape index (κ3) is 6.57. The van der Waals surface area contributed by atoms with Crippen molar-refractivity contribution in [2.45, 2.75) is 56.4 Å². The molecule has 2 aromatic heterocycles. The van der Waals surface area contributed by atoms with Crippen LogP contribution in [0.15, 0.2) is 55.0 Å². The SMILES string of the molecule is O=C1CCC(N2C(=O)c3ccc(N4CC(F)(CN5CCC(N6Cc7cc(NC(=O)c8cnn9cccnc89)c(OCC(F)F)cc7C6=O)CC5)C4)cc3C2=O)C(=O)N1. The highest BCUT2D eigenvalue weighted by molar-refractivity contribution is 6.23. The number of carbonyl (C=O) groups is 6. The van der Waals surface area contributed by atoms with Crippen molar-refractivity contribution >= 4 is 52.5 Å². The Balaban J connectivity index is 0.811. The minimum Gasteiger partial charge on any atom is -0.485 e. The summed E-state index contributed by atoms with van der Waals surface area (Å²) in [5.41, 5.74) is 0.787. The summed E-state index contributed by atoms with van der Waals surface area (Å²) in [6.45, 7) is 0.632. The lowest BCUT2D eigenvalue weighted by atomic mass is 9.92. The number of ether oxygens (including phenoxy) is 1. The molecule has 19 heteroatoms. The molecule has 16 nitrogen and oxygen atoms in total. The minimum atomic E-state index is -2.79. The summed E-state index contributed by atoms with van der Waals surface area (Å²) < 4.78 is 49.2. The molecule has 2 aromatic carbocycles. The second-order valence-corrected chi connectivity index (χ2v) is 15.2. The number of hydrogen-bond donors (Lipinski definition) is 2. The van der Waals surface area contributed by atoms with Gasteiger partial charge in [-0.3, -0.25) is 43.9 Å². The molecule has 0 aliphatic carbocycles. The van der Waals surface area contributed by atoms with Crippen LogP contribution >= 0.6 is 0 Å². The third-order valence-corrected chi connectivity index (χ3v) is 11.4. The number of benzene rings is 2. The smallest absolute Gasteiger partial charge is 0.272 e. The number of aromatic nitrogens is 3. The van der Waals surface area contributed by atoms with Crippen LogP contribution in [0.4, 0.5) is 24.5 Å². The van der Waals surface area contributed by atoms with Crippen molar-refractivity contribution in [1.82, 2.24) is 34.6 Å². The second-order valence-electron chi connectivity index (χ2n) is 15.2. The van der Waals surface area contributed by atoms with E-state index in [-0.39, 0.29) is 79.1 Å². The van der Waals surface area contributed by atoms with E-state index in [9.17, 15) is 37.5 Å². The molecule has 4 aromatic rings. The van der Waals surface area contributed by atoms with Crippen LogP contribution in [-0.4, -0.2) is 128 Å². The van der Waals surface area contributed by atoms with Crippen molar-refractivity contribution in [3.8, 4) is 5.75 Å². The van der Waals surface area contributed by atoms with E-state index < -0.39 is 54.3 Å². The number of likely N-dealkylation sites (tertiary alicyclic amines) is 1. The molecule has 0 saturated carbocycles. The van der Waals surface area contributed by atoms with Gasteiger partial charge in [-0.25, -0.2) is 22.7 Å². The van der Waals surface area contributed by atoms with Crippen LogP contribution in [0, 0.1) is 0 Å². The molecular weight excluding hydrogens is 763 g/mol. The van der Waals surface area contributed by atoms with Crippen LogP contribution in [-0.2, 0) is 16.1 Å². The standard InChI is InChI=1S/C39H36F3N9O7/c40-31(41)17-58-30-14-25-21(12-28(30)45-34(53)27-15-44-50-9-1-8-43-33(27)50)16-49(36(25)55)22-6-10-47(11-7-22)18-39(42)19-48(20-39)23-2-3-24-26(13-23)38(57)51(37(24)56)29-4-5-32(52)46-35(29)54/h1-3,8-9,12-15,22,29,31H,4-7,10-11,16-20H2,(H,45,53)(H,46,52,54). The second kappa shape index (κ2) is 14.2. The lowest BCUT2D eigenvalue weighted by Crippen LogP contribution is -2.64. The number of carbonyl (C=O) groups excluding carboxylic acids is 6. The van der Waals surface area contributed by atoms with Gasteiger partial charge in [-0.2, -0.15) is 5.10 Å². The van der Waals surface area contributed by atoms with Crippen LogP contribution in [0.25, 0.3) is 5.65 Å². The van der Waals surface area contributed by atoms with Crippen molar-refractivity contribution in [2.75, 3.05) is 49.5 Å². The summed E-state index contributed by atoms with van der Waals surface area (Å²) >= 11 is 0. The molecule has 2 N–H and O–H groups in total. The number of imide groups is 2. The number of fused-ring (bicyclic) bond motifs is 3. The Morgan fingerprint density at radius 2 is 1.76 bits per heavy atom. The molecule has 9 rings (SSSR count). The Kier molecular flexibility index (Phi) is 9.13. The zero-order valence-corrected chi connectivity index (χ0v) is 30.8. The Hall–Kier alpha value is -6.37. The number of alkyl halides is 3. The van der Waals surface area contributed by atoms with E-state index in [0.29, 0.717) is 48.4 Å². The Bertz CT molecular complexity index is 2410. The fourth-order valence-corrected chi connectivity index (χ4v) is 8.57. The Labute approximate surface area is 327 Å². The Morgan fingerprint density at radius 1 is 0.983 bits per heavy atom. The van der Waals surface area contributed by atoms with Gasteiger partial charge in [-0.15, -0.1) is 0 Å². The summed E-state index contributed by atoms with van der Waals surface area (Å²) in [6.07, 6.45) is 2.90. The van der Waals surface area contributed by atoms with E-state index in [1.807, 2.05) is 4.90 Å². The molecule has 0 radical (unpaired) electrons. The zero-order valence-electron chi connectivity index (χ0n) is 30.8. The number of piperidine rings is 2. The summed E-state index contributed by atoms with van der Waals surface area (Å²) in [5.74, 6) is -3.33. The van der Waals surface area contributed by atoms with Gasteiger partial charge in [0.05, 0.1) is 36.1 Å². The first-order valence-corrected chi connectivity index (χ1v) is 18.9. The first-order valence-electron chi connectivity index (χ1n) is 18.9. The highest BCUT2D eigenvalue weighted by Crippen LogP contribution is 2.39. The molecule has 58 heavy (non-hydrogen) atoms. The van der Waals surface area contributed by atoms with E-state index in [0.717, 1.165) is 4.90 Å². The number of nitrogens with one attached hydrogen (secondary N) is 2. The molecule has 6 amide bonds. The van der Waals surface area contributed by atoms with E-state index in [1.54, 1.807) is 40.3 Å². The van der Waals surface area contributed by atoms with Gasteiger partial charge in [0, 0.05) is 62.3 Å². The van der Waals surface area contributed by atoms with Gasteiger partial charge in [-0.05, 0) is 61.2 Å². The molecule has 300 valence electrons. The molecular formula is C39H36F3N9O7. The topological polar surface area (TPSA) is 179 Å². The lowest BCUT2D eigenvalue weighted by Gasteiger charge is -2.49. The molecule has 5 aliphatic heterocycles. The molecule has 7 heterocycles. The van der Waals surface area contributed by atoms with Crippen molar-refractivity contribution in [1.29, 1.82) is 0 Å². The highest BCUT2D eigenvalue weighted by Gasteiger charge is 2.48. The predicted molar refractivity (Wildman–Crippen MR) is 197 cm³/mol. The van der Waals surface area contributed by atoms with Crippen molar-refractivity contribution in [2.24, 2.45) is 0 Å². The maximum atomic E-state index is 16.1. The Morgan fingerprint density at radius 3 is 2.52 bits per heavy atom. The van der Waals surface area contributed by atoms with Crippen LogP contribution in [0.3, 0.4) is 0 Å². The van der Waals surface area contributed by atoms with Gasteiger partial charge in [0.1, 0.15) is 24.0 Å². The maximum absolute atomic E-state index is 16.1. The first kappa shape index (κ1) is 37.2. The van der Waals surface area contributed by atoms with Crippen LogP contribution in [0.1, 0.15) is 72.7 Å². The normalized spacial score (nSPS) is 20.8. The average Bonchev–Trinajstić information content (AvgIpc) is 3.84. The number of halogens is 3. The third-order valence-electron chi connectivity index (χ3n) is 11.4. The average molecular weight is 800 g/mol. The summed E-state index contributed by atoms with van der Waals surface area (Å²) in [5, 5.41) is 9.02. The fourth-order valence-electron chi connectivity index (χ4n) is 8.57. The molecule has 5 aliphatic rings. The number of amides is 6. The van der Waals surface area contributed by atoms with Crippen molar-refractivity contribution in [3.63, 3.8) is 0 Å². The number of hydrogen-bond acceptors (Lipinski definition) is 11. The van der Waals surface area contributed by atoms with E-state index >= 15 is 4.39 Å². The van der Waals surface area contributed by atoms with Crippen LogP contribution in [0.2, 0.25) is 0 Å². The fraction of sp³-hybridized carbons (Fsp3) is 0.385. The highest BCUT2D eigenvalue weighted by atomic mass is 19.3. The minimum absolute atomic E-state index is 0.0157.